The summed E-state index contributed by atoms with van der Waals surface area (Å²) in [5.41, 5.74) is 0. The molecule has 0 aliphatic heterocycles. The summed E-state index contributed by atoms with van der Waals surface area (Å²) < 4.78 is 0. The fourth-order valence-electron chi connectivity index (χ4n) is 0. The van der Waals surface area contributed by atoms with Crippen LogP contribution in [0.3, 0.4) is 0 Å². The second-order valence-electron chi connectivity index (χ2n) is 1.12. The van der Waals surface area contributed by atoms with Crippen molar-refractivity contribution in [2.75, 3.05) is 0 Å². The van der Waals surface area contributed by atoms with E-state index in [0.717, 1.165) is 0 Å². The summed E-state index contributed by atoms with van der Waals surface area (Å²) in [4.78, 5) is 41.2. The van der Waals surface area contributed by atoms with Crippen LogP contribution >= 0.6 is 0 Å². The van der Waals surface area contributed by atoms with Gasteiger partial charge in [-0.1, -0.05) is 0 Å². The minimum absolute atomic E-state index is 0. The molecule has 0 aromatic carbocycles. The molecule has 0 saturated heterocycles. The van der Waals surface area contributed by atoms with Crippen LogP contribution in [0.2, 0.25) is 0 Å². The monoisotopic (exact) mass is 541 g/mol. The van der Waals surface area contributed by atoms with Crippen molar-refractivity contribution >= 4 is 0 Å². The van der Waals surface area contributed by atoms with Crippen molar-refractivity contribution in [3.8, 4) is 0 Å². The van der Waals surface area contributed by atoms with Crippen LogP contribution in [-0.4, -0.2) is 25.4 Å². The fourth-order valence-corrected chi connectivity index (χ4v) is 0. The predicted molar refractivity (Wildman–Crippen MR) is 51.8 cm³/mol. The van der Waals surface area contributed by atoms with Crippen LogP contribution in [0.5, 0.6) is 0 Å². The molecule has 21 heavy (non-hydrogen) atoms. The Kier molecular flexibility index (Phi) is 52.1. The Morgan fingerprint density at radius 2 is 0.333 bits per heavy atom. The first kappa shape index (κ1) is 36.1. The molecule has 0 fully saturated rings. The normalized spacial score (nSPS) is 5.71. The van der Waals surface area contributed by atoms with E-state index >= 15 is 0 Å². The summed E-state index contributed by atoms with van der Waals surface area (Å²) in [6, 6.07) is 0. The van der Waals surface area contributed by atoms with Crippen LogP contribution in [0.1, 0.15) is 0 Å². The van der Waals surface area contributed by atoms with E-state index in [2.05, 4.69) is 0 Å². The van der Waals surface area contributed by atoms with E-state index in [0.29, 0.717) is 0 Å². The Hall–Kier alpha value is -2.91. The van der Waals surface area contributed by atoms with Gasteiger partial charge in [-0.05, 0) is 0 Å². The maximum atomic E-state index is 8.25. The average molecular weight is 541 g/mol. The molecular weight excluding hydrogens is 541 g/mol. The van der Waals surface area contributed by atoms with Crippen LogP contribution in [0.15, 0.2) is 0 Å². The van der Waals surface area contributed by atoms with Crippen molar-refractivity contribution in [2.24, 2.45) is 0 Å². The van der Waals surface area contributed by atoms with E-state index in [4.69, 9.17) is 76.6 Å². The molecule has 0 saturated carbocycles. The van der Waals surface area contributed by atoms with Crippen molar-refractivity contribution in [1.82, 2.24) is 0 Å². The van der Waals surface area contributed by atoms with Gasteiger partial charge in [-0.25, -0.2) is 0 Å². The standard InChI is InChI=1S/5NO3.Pa/c5*2-1(3)4;/q5*-1;+5. The Labute approximate surface area is 134 Å². The van der Waals surface area contributed by atoms with Crippen molar-refractivity contribution < 1.29 is 57.7 Å². The van der Waals surface area contributed by atoms with E-state index in [-0.39, 0.29) is 32.3 Å². The third kappa shape index (κ3) is 460. The van der Waals surface area contributed by atoms with E-state index in [1.54, 1.807) is 0 Å². The fraction of sp³-hybridized carbons (Fsp3) is 0. The first-order chi connectivity index (χ1) is 8.66. The van der Waals surface area contributed by atoms with Crippen LogP contribution in [0, 0.1) is 109 Å². The molecule has 0 bridgehead atoms. The SMILES string of the molecule is O=[N+]([O-])[O-].O=[N+]([O-])[O-].O=[N+]([O-])[O-].O=[N+]([O-])[O-].O=[N+]([O-])[O-].[Pa+5]. The molecule has 21 heteroatoms. The van der Waals surface area contributed by atoms with E-state index in [1.165, 1.54) is 0 Å². The van der Waals surface area contributed by atoms with Crippen molar-refractivity contribution in [3.05, 3.63) is 76.6 Å². The van der Waals surface area contributed by atoms with Gasteiger partial charge in [-0.2, -0.15) is 0 Å². The molecule has 0 rings (SSSR count). The first-order valence-corrected chi connectivity index (χ1v) is 2.74. The summed E-state index contributed by atoms with van der Waals surface area (Å²) in [6.07, 6.45) is 0. The van der Waals surface area contributed by atoms with Gasteiger partial charge in [0.25, 0.3) is 0 Å². The summed E-state index contributed by atoms with van der Waals surface area (Å²) in [7, 11) is 0. The summed E-state index contributed by atoms with van der Waals surface area (Å²) in [6.45, 7) is 0. The molecule has 0 aromatic rings. The molecule has 0 atom stereocenters. The molecule has 0 amide bonds. The van der Waals surface area contributed by atoms with Crippen molar-refractivity contribution in [2.45, 2.75) is 0 Å². The van der Waals surface area contributed by atoms with Crippen LogP contribution in [0.25, 0.3) is 0 Å². The molecule has 0 radical (unpaired) electrons. The summed E-state index contributed by atoms with van der Waals surface area (Å²) in [5.74, 6) is 0. The van der Waals surface area contributed by atoms with Crippen molar-refractivity contribution in [1.29, 1.82) is 0 Å². The Bertz CT molecular complexity index is 207. The molecule has 0 aromatic heterocycles. The molecule has 0 heterocycles. The van der Waals surface area contributed by atoms with Gasteiger partial charge in [0.2, 0.25) is 0 Å². The Balaban J connectivity index is -0.0000000331. The van der Waals surface area contributed by atoms with Gasteiger partial charge in [-0.3, -0.25) is 0 Å². The minimum Gasteiger partial charge on any atom is -0.356 e. The predicted octanol–water partition coefficient (Wildman–Crippen LogP) is -1.20. The van der Waals surface area contributed by atoms with Crippen molar-refractivity contribution in [3.63, 3.8) is 0 Å². The third-order valence-electron chi connectivity index (χ3n) is 0. The maximum Gasteiger partial charge on any atom is 5.00 e. The average Bonchev–Trinajstić information content (AvgIpc) is 1.94. The quantitative estimate of drug-likeness (QED) is 0.257. The number of hydrogen-bond donors (Lipinski definition) is 0. The number of rotatable bonds is 0. The van der Waals surface area contributed by atoms with E-state index in [9.17, 15) is 0 Å². The van der Waals surface area contributed by atoms with Gasteiger partial charge >= 0.3 is 32.3 Å². The van der Waals surface area contributed by atoms with Gasteiger partial charge in [0, 0.05) is 0 Å². The van der Waals surface area contributed by atoms with Crippen LogP contribution in [0.4, 0.5) is 0 Å². The summed E-state index contributed by atoms with van der Waals surface area (Å²) >= 11 is 0. The molecule has 0 spiro atoms. The van der Waals surface area contributed by atoms with Gasteiger partial charge in [0.15, 0.2) is 0 Å². The second kappa shape index (κ2) is 30.3. The topological polar surface area (TPSA) is 331 Å². The molecule has 0 N–H and O–H groups in total. The number of nitrogens with zero attached hydrogens (tertiary/aromatic N) is 5. The molecule has 0 unspecified atom stereocenters. The molecule has 0 aliphatic rings. The first-order valence-electron chi connectivity index (χ1n) is 2.74. The molecule has 118 valence electrons. The van der Waals surface area contributed by atoms with Crippen LogP contribution < -0.4 is 0 Å². The third-order valence-corrected chi connectivity index (χ3v) is 0. The van der Waals surface area contributed by atoms with E-state index in [1.807, 2.05) is 0 Å². The van der Waals surface area contributed by atoms with Gasteiger partial charge < -0.3 is 76.6 Å². The smallest absolute Gasteiger partial charge is 0.356 e. The van der Waals surface area contributed by atoms with Gasteiger partial charge in [-0.15, -0.1) is 0 Å². The zero-order valence-corrected chi connectivity index (χ0v) is 13.7. The molecule has 0 aliphatic carbocycles. The Morgan fingerprint density at radius 1 is 0.333 bits per heavy atom. The minimum atomic E-state index is -1.75. The summed E-state index contributed by atoms with van der Waals surface area (Å²) in [5, 5.41) is 73.8. The van der Waals surface area contributed by atoms with Gasteiger partial charge in [0.05, 0.1) is 25.4 Å². The molecular formula is N5O15Pa. The second-order valence-corrected chi connectivity index (χ2v) is 1.12. The largest absolute Gasteiger partial charge is 5.00 e. The maximum absolute atomic E-state index is 8.25. The Morgan fingerprint density at radius 3 is 0.333 bits per heavy atom. The van der Waals surface area contributed by atoms with E-state index < -0.39 is 25.4 Å². The number of hydrogen-bond acceptors (Lipinski definition) is 15. The van der Waals surface area contributed by atoms with Gasteiger partial charge in [0.1, 0.15) is 0 Å². The molecule has 20 nitrogen and oxygen atoms in total. The zero-order valence-electron chi connectivity index (χ0n) is 8.94. The zero-order chi connectivity index (χ0) is 17.9. The van der Waals surface area contributed by atoms with Crippen LogP contribution in [-0.2, 0) is 0 Å².